The van der Waals surface area contributed by atoms with E-state index in [0.29, 0.717) is 12.5 Å². The van der Waals surface area contributed by atoms with Crippen LogP contribution in [0.4, 0.5) is 0 Å². The zero-order valence-corrected chi connectivity index (χ0v) is 13.4. The monoisotopic (exact) mass is 337 g/mol. The molecule has 1 fully saturated rings. The highest BCUT2D eigenvalue weighted by Gasteiger charge is 2.19. The highest BCUT2D eigenvalue weighted by atomic mass is 79.9. The molecule has 2 heterocycles. The third kappa shape index (κ3) is 3.43. The minimum Gasteiger partial charge on any atom is -0.489 e. The van der Waals surface area contributed by atoms with Crippen LogP contribution in [0.5, 0.6) is 5.75 Å². The molecule has 0 radical (unpaired) electrons. The fraction of sp³-hybridized carbons (Fsp3) is 0.500. The summed E-state index contributed by atoms with van der Waals surface area (Å²) in [4.78, 5) is 2.37. The second kappa shape index (κ2) is 6.29. The highest BCUT2D eigenvalue weighted by Crippen LogP contribution is 2.29. The molecular weight excluding hydrogens is 318 g/mol. The Morgan fingerprint density at radius 2 is 2.30 bits per heavy atom. The van der Waals surface area contributed by atoms with Crippen LogP contribution in [0.1, 0.15) is 12.0 Å². The van der Waals surface area contributed by atoms with Gasteiger partial charge in [0.15, 0.2) is 0 Å². The number of rotatable bonds is 4. The summed E-state index contributed by atoms with van der Waals surface area (Å²) in [5.74, 6) is 1.66. The van der Waals surface area contributed by atoms with Crippen LogP contribution in [-0.4, -0.2) is 44.9 Å². The molecule has 2 aliphatic rings. The van der Waals surface area contributed by atoms with Gasteiger partial charge >= 0.3 is 0 Å². The lowest BCUT2D eigenvalue weighted by atomic mass is 10.1. The van der Waals surface area contributed by atoms with Gasteiger partial charge in [0.25, 0.3) is 0 Å². The van der Waals surface area contributed by atoms with E-state index in [0.717, 1.165) is 36.5 Å². The van der Waals surface area contributed by atoms with Crippen molar-refractivity contribution >= 4 is 22.0 Å². The SMILES string of the molecule is CN(CC1=Cc2cc(Br)ccc2OC1)CC1CCOC1. The molecule has 4 heteroatoms. The predicted octanol–water partition coefficient (Wildman–Crippen LogP) is 3.19. The van der Waals surface area contributed by atoms with E-state index in [4.69, 9.17) is 9.47 Å². The summed E-state index contributed by atoms with van der Waals surface area (Å²) in [5, 5.41) is 0. The van der Waals surface area contributed by atoms with Gasteiger partial charge in [-0.05, 0) is 49.2 Å². The fourth-order valence-electron chi connectivity index (χ4n) is 2.87. The maximum Gasteiger partial charge on any atom is 0.127 e. The Labute approximate surface area is 128 Å². The number of fused-ring (bicyclic) bond motifs is 1. The number of hydrogen-bond donors (Lipinski definition) is 0. The molecular formula is C16H20BrNO2. The maximum atomic E-state index is 5.82. The molecule has 0 spiro atoms. The van der Waals surface area contributed by atoms with E-state index < -0.39 is 0 Å². The van der Waals surface area contributed by atoms with Crippen molar-refractivity contribution in [2.45, 2.75) is 6.42 Å². The second-order valence-electron chi connectivity index (χ2n) is 5.70. The summed E-state index contributed by atoms with van der Waals surface area (Å²) in [6.07, 6.45) is 3.45. The van der Waals surface area contributed by atoms with Crippen molar-refractivity contribution in [3.05, 3.63) is 33.8 Å². The Kier molecular flexibility index (Phi) is 4.44. The Bertz CT molecular complexity index is 509. The Hall–Kier alpha value is -0.840. The molecule has 1 atom stereocenters. The summed E-state index contributed by atoms with van der Waals surface area (Å²) >= 11 is 3.51. The lowest BCUT2D eigenvalue weighted by Gasteiger charge is -2.24. The van der Waals surface area contributed by atoms with E-state index in [1.165, 1.54) is 17.6 Å². The van der Waals surface area contributed by atoms with Crippen molar-refractivity contribution in [1.82, 2.24) is 4.90 Å². The van der Waals surface area contributed by atoms with Crippen LogP contribution in [0, 0.1) is 5.92 Å². The Morgan fingerprint density at radius 1 is 1.40 bits per heavy atom. The lowest BCUT2D eigenvalue weighted by Crippen LogP contribution is -2.29. The van der Waals surface area contributed by atoms with Crippen LogP contribution >= 0.6 is 15.9 Å². The van der Waals surface area contributed by atoms with Gasteiger partial charge in [0.05, 0.1) is 6.61 Å². The molecule has 1 aromatic carbocycles. The van der Waals surface area contributed by atoms with Gasteiger partial charge in [-0.2, -0.15) is 0 Å². The first-order chi connectivity index (χ1) is 9.70. The zero-order valence-electron chi connectivity index (χ0n) is 11.8. The van der Waals surface area contributed by atoms with Crippen molar-refractivity contribution in [1.29, 1.82) is 0 Å². The Balaban J connectivity index is 1.62. The molecule has 3 nitrogen and oxygen atoms in total. The molecule has 1 saturated heterocycles. The highest BCUT2D eigenvalue weighted by molar-refractivity contribution is 9.10. The molecule has 20 heavy (non-hydrogen) atoms. The van der Waals surface area contributed by atoms with Crippen molar-refractivity contribution in [2.24, 2.45) is 5.92 Å². The summed E-state index contributed by atoms with van der Waals surface area (Å²) in [6.45, 7) is 4.59. The van der Waals surface area contributed by atoms with Crippen molar-refractivity contribution < 1.29 is 9.47 Å². The summed E-state index contributed by atoms with van der Waals surface area (Å²) in [5.41, 5.74) is 2.50. The van der Waals surface area contributed by atoms with Gasteiger partial charge in [-0.25, -0.2) is 0 Å². The van der Waals surface area contributed by atoms with Crippen LogP contribution in [0.2, 0.25) is 0 Å². The molecule has 0 aromatic heterocycles. The van der Waals surface area contributed by atoms with E-state index in [2.05, 4.69) is 40.0 Å². The molecule has 3 rings (SSSR count). The smallest absolute Gasteiger partial charge is 0.127 e. The average molecular weight is 338 g/mol. The summed E-state index contributed by atoms with van der Waals surface area (Å²) in [6, 6.07) is 6.15. The van der Waals surface area contributed by atoms with Crippen LogP contribution in [-0.2, 0) is 4.74 Å². The van der Waals surface area contributed by atoms with E-state index >= 15 is 0 Å². The van der Waals surface area contributed by atoms with Crippen LogP contribution in [0.15, 0.2) is 28.2 Å². The van der Waals surface area contributed by atoms with E-state index in [1.54, 1.807) is 0 Å². The summed E-state index contributed by atoms with van der Waals surface area (Å²) < 4.78 is 12.3. The number of likely N-dealkylation sites (N-methyl/N-ethyl adjacent to an activating group) is 1. The van der Waals surface area contributed by atoms with Gasteiger partial charge in [-0.15, -0.1) is 0 Å². The molecule has 0 aliphatic carbocycles. The molecule has 1 aromatic rings. The Morgan fingerprint density at radius 3 is 3.10 bits per heavy atom. The molecule has 0 saturated carbocycles. The molecule has 0 N–H and O–H groups in total. The maximum absolute atomic E-state index is 5.82. The van der Waals surface area contributed by atoms with Gasteiger partial charge < -0.3 is 14.4 Å². The third-order valence-electron chi connectivity index (χ3n) is 3.81. The standard InChI is InChI=1S/C16H20BrNO2/c1-18(8-12-4-5-19-10-12)9-13-6-14-7-15(17)2-3-16(14)20-11-13/h2-3,6-7,12H,4-5,8-11H2,1H3. The first-order valence-corrected chi connectivity index (χ1v) is 7.88. The quantitative estimate of drug-likeness (QED) is 0.842. The zero-order chi connectivity index (χ0) is 13.9. The number of ether oxygens (including phenoxy) is 2. The second-order valence-corrected chi connectivity index (χ2v) is 6.62. The molecule has 0 bridgehead atoms. The number of benzene rings is 1. The molecule has 108 valence electrons. The predicted molar refractivity (Wildman–Crippen MR) is 84.0 cm³/mol. The van der Waals surface area contributed by atoms with Crippen LogP contribution in [0.3, 0.4) is 0 Å². The van der Waals surface area contributed by atoms with Crippen LogP contribution < -0.4 is 4.74 Å². The van der Waals surface area contributed by atoms with Crippen molar-refractivity contribution in [3.63, 3.8) is 0 Å². The molecule has 1 unspecified atom stereocenters. The lowest BCUT2D eigenvalue weighted by molar-refractivity contribution is 0.175. The van der Waals surface area contributed by atoms with Crippen molar-refractivity contribution in [2.75, 3.05) is 40.0 Å². The molecule has 0 amide bonds. The first kappa shape index (κ1) is 14.1. The van der Waals surface area contributed by atoms with Gasteiger partial charge in [-0.3, -0.25) is 0 Å². The van der Waals surface area contributed by atoms with E-state index in [1.807, 2.05) is 12.1 Å². The van der Waals surface area contributed by atoms with Gasteiger partial charge in [-0.1, -0.05) is 15.9 Å². The van der Waals surface area contributed by atoms with Crippen molar-refractivity contribution in [3.8, 4) is 5.75 Å². The van der Waals surface area contributed by atoms with Gasteiger partial charge in [0, 0.05) is 29.7 Å². The topological polar surface area (TPSA) is 21.7 Å². The molecule has 2 aliphatic heterocycles. The van der Waals surface area contributed by atoms with Gasteiger partial charge in [0.1, 0.15) is 12.4 Å². The minimum atomic E-state index is 0.687. The average Bonchev–Trinajstić information content (AvgIpc) is 2.91. The number of nitrogens with zero attached hydrogens (tertiary/aromatic N) is 1. The number of hydrogen-bond acceptors (Lipinski definition) is 3. The largest absolute Gasteiger partial charge is 0.489 e. The minimum absolute atomic E-state index is 0.687. The van der Waals surface area contributed by atoms with E-state index in [-0.39, 0.29) is 0 Å². The summed E-state index contributed by atoms with van der Waals surface area (Å²) in [7, 11) is 2.18. The van der Waals surface area contributed by atoms with E-state index in [9.17, 15) is 0 Å². The van der Waals surface area contributed by atoms with Crippen LogP contribution in [0.25, 0.3) is 6.08 Å². The third-order valence-corrected chi connectivity index (χ3v) is 4.30. The number of halogens is 1. The van der Waals surface area contributed by atoms with Gasteiger partial charge in [0.2, 0.25) is 0 Å². The fourth-order valence-corrected chi connectivity index (χ4v) is 3.25. The first-order valence-electron chi connectivity index (χ1n) is 7.09. The normalized spacial score (nSPS) is 21.6.